The molecule has 0 spiro atoms. The number of nitrogens with zero attached hydrogens (tertiary/aromatic N) is 1. The number of halogens is 1. The first-order valence-corrected chi connectivity index (χ1v) is 10.3. The molecule has 31 heavy (non-hydrogen) atoms. The smallest absolute Gasteiger partial charge is 0.341 e. The van der Waals surface area contributed by atoms with Crippen LogP contribution < -0.4 is 15.6 Å². The SMILES string of the molecule is C=C/C=C(\C=C)Cn1cc(C(=O)OCC)c(Nc2ccc(OC(C)C)c(Cl)c2)cc1=O. The maximum Gasteiger partial charge on any atom is 0.341 e. The maximum atomic E-state index is 12.7. The number of hydrogen-bond donors (Lipinski definition) is 1. The van der Waals surface area contributed by atoms with Crippen molar-refractivity contribution in [1.82, 2.24) is 4.57 Å². The Hall–Kier alpha value is -3.25. The lowest BCUT2D eigenvalue weighted by Crippen LogP contribution is -2.23. The van der Waals surface area contributed by atoms with E-state index in [2.05, 4.69) is 18.5 Å². The Morgan fingerprint density at radius 3 is 2.61 bits per heavy atom. The van der Waals surface area contributed by atoms with Gasteiger partial charge >= 0.3 is 5.97 Å². The van der Waals surface area contributed by atoms with E-state index in [0.717, 1.165) is 5.57 Å². The number of aromatic nitrogens is 1. The van der Waals surface area contributed by atoms with Crippen molar-refractivity contribution >= 4 is 28.9 Å². The Balaban J connectivity index is 2.45. The molecular formula is C24H27ClN2O4. The predicted octanol–water partition coefficient (Wildman–Crippen LogP) is 5.51. The van der Waals surface area contributed by atoms with E-state index in [4.69, 9.17) is 21.1 Å². The molecule has 7 heteroatoms. The van der Waals surface area contributed by atoms with Gasteiger partial charge < -0.3 is 19.4 Å². The van der Waals surface area contributed by atoms with Gasteiger partial charge in [-0.1, -0.05) is 43.0 Å². The number of anilines is 2. The minimum atomic E-state index is -0.544. The van der Waals surface area contributed by atoms with Crippen LogP contribution in [0.25, 0.3) is 0 Å². The second-order valence-electron chi connectivity index (χ2n) is 6.91. The fraction of sp³-hybridized carbons (Fsp3) is 0.250. The molecule has 0 unspecified atom stereocenters. The Morgan fingerprint density at radius 2 is 2.03 bits per heavy atom. The van der Waals surface area contributed by atoms with Crippen molar-refractivity contribution in [3.05, 3.63) is 88.4 Å². The van der Waals surface area contributed by atoms with Crippen molar-refractivity contribution in [2.45, 2.75) is 33.4 Å². The fourth-order valence-electron chi connectivity index (χ4n) is 2.79. The molecule has 0 aliphatic carbocycles. The molecule has 0 atom stereocenters. The minimum Gasteiger partial charge on any atom is -0.489 e. The van der Waals surface area contributed by atoms with Crippen LogP contribution in [0.4, 0.5) is 11.4 Å². The molecule has 1 N–H and O–H groups in total. The summed E-state index contributed by atoms with van der Waals surface area (Å²) in [4.78, 5) is 25.3. The van der Waals surface area contributed by atoms with Crippen LogP contribution in [0.1, 0.15) is 31.1 Å². The summed E-state index contributed by atoms with van der Waals surface area (Å²) in [5.41, 5.74) is 1.63. The fourth-order valence-corrected chi connectivity index (χ4v) is 3.01. The van der Waals surface area contributed by atoms with Gasteiger partial charge in [0.2, 0.25) is 0 Å². The molecule has 6 nitrogen and oxygen atoms in total. The lowest BCUT2D eigenvalue weighted by molar-refractivity contribution is 0.0526. The summed E-state index contributed by atoms with van der Waals surface area (Å²) in [7, 11) is 0. The number of allylic oxidation sites excluding steroid dienone is 4. The molecule has 0 bridgehead atoms. The Morgan fingerprint density at radius 1 is 1.29 bits per heavy atom. The zero-order valence-corrected chi connectivity index (χ0v) is 18.7. The van der Waals surface area contributed by atoms with Crippen LogP contribution in [0.3, 0.4) is 0 Å². The second-order valence-corrected chi connectivity index (χ2v) is 7.31. The van der Waals surface area contributed by atoms with E-state index in [1.807, 2.05) is 13.8 Å². The highest BCUT2D eigenvalue weighted by Crippen LogP contribution is 2.30. The summed E-state index contributed by atoms with van der Waals surface area (Å²) in [5, 5.41) is 3.50. The molecule has 0 amide bonds. The molecule has 1 heterocycles. The lowest BCUT2D eigenvalue weighted by Gasteiger charge is -2.16. The highest BCUT2D eigenvalue weighted by molar-refractivity contribution is 6.32. The highest BCUT2D eigenvalue weighted by atomic mass is 35.5. The molecule has 0 aliphatic heterocycles. The number of pyridine rings is 1. The Bertz CT molecular complexity index is 1050. The largest absolute Gasteiger partial charge is 0.489 e. The molecule has 0 radical (unpaired) electrons. The number of ether oxygens (including phenoxy) is 2. The number of benzene rings is 1. The van der Waals surface area contributed by atoms with Gasteiger partial charge in [-0.05, 0) is 44.5 Å². The van der Waals surface area contributed by atoms with Crippen molar-refractivity contribution < 1.29 is 14.3 Å². The molecule has 0 aliphatic rings. The standard InChI is InChI=1S/C24H27ClN2O4/c1-6-9-17(7-2)14-27-15-19(24(29)30-8-3)21(13-23(27)28)26-18-10-11-22(20(25)12-18)31-16(4)5/h6-7,9-13,15-16,26H,1-2,8,14H2,3-5H3/b17-9+. The molecule has 164 valence electrons. The summed E-state index contributed by atoms with van der Waals surface area (Å²) in [5.74, 6) is 0.00618. The van der Waals surface area contributed by atoms with Crippen molar-refractivity contribution in [2.24, 2.45) is 0 Å². The van der Waals surface area contributed by atoms with Crippen molar-refractivity contribution in [3.8, 4) is 5.75 Å². The van der Waals surface area contributed by atoms with E-state index in [-0.39, 0.29) is 30.4 Å². The molecule has 2 rings (SSSR count). The van der Waals surface area contributed by atoms with Crippen molar-refractivity contribution in [1.29, 1.82) is 0 Å². The van der Waals surface area contributed by atoms with Gasteiger partial charge in [0.05, 0.1) is 35.5 Å². The average molecular weight is 443 g/mol. The van der Waals surface area contributed by atoms with Gasteiger partial charge in [-0.15, -0.1) is 0 Å². The van der Waals surface area contributed by atoms with Gasteiger partial charge in [0.25, 0.3) is 5.56 Å². The van der Waals surface area contributed by atoms with Crippen LogP contribution >= 0.6 is 11.6 Å². The van der Waals surface area contributed by atoms with Crippen LogP contribution in [-0.2, 0) is 11.3 Å². The van der Waals surface area contributed by atoms with Gasteiger partial charge in [-0.25, -0.2) is 4.79 Å². The van der Waals surface area contributed by atoms with Gasteiger partial charge in [-0.2, -0.15) is 0 Å². The van der Waals surface area contributed by atoms with Crippen LogP contribution in [-0.4, -0.2) is 23.2 Å². The van der Waals surface area contributed by atoms with E-state index >= 15 is 0 Å². The van der Waals surface area contributed by atoms with E-state index in [1.165, 1.54) is 16.8 Å². The van der Waals surface area contributed by atoms with Gasteiger partial charge in [0, 0.05) is 18.0 Å². The van der Waals surface area contributed by atoms with Crippen LogP contribution in [0.2, 0.25) is 5.02 Å². The summed E-state index contributed by atoms with van der Waals surface area (Å²) >= 11 is 6.31. The highest BCUT2D eigenvalue weighted by Gasteiger charge is 2.17. The van der Waals surface area contributed by atoms with E-state index in [9.17, 15) is 9.59 Å². The first-order valence-electron chi connectivity index (χ1n) is 9.87. The third-order valence-corrected chi connectivity index (χ3v) is 4.44. The zero-order valence-electron chi connectivity index (χ0n) is 18.0. The molecule has 0 saturated heterocycles. The molecule has 2 aromatic rings. The average Bonchev–Trinajstić information content (AvgIpc) is 2.71. The molecular weight excluding hydrogens is 416 g/mol. The quantitative estimate of drug-likeness (QED) is 0.388. The Labute approximate surface area is 187 Å². The van der Waals surface area contributed by atoms with Crippen molar-refractivity contribution in [2.75, 3.05) is 11.9 Å². The van der Waals surface area contributed by atoms with Gasteiger partial charge in [-0.3, -0.25) is 4.79 Å². The van der Waals surface area contributed by atoms with Crippen LogP contribution in [0, 0.1) is 0 Å². The minimum absolute atomic E-state index is 0.0186. The first kappa shape index (κ1) is 24.0. The summed E-state index contributed by atoms with van der Waals surface area (Å²) in [6.45, 7) is 13.4. The number of nitrogens with one attached hydrogen (secondary N) is 1. The van der Waals surface area contributed by atoms with E-state index in [1.54, 1.807) is 43.4 Å². The van der Waals surface area contributed by atoms with E-state index < -0.39 is 5.97 Å². The molecule has 1 aromatic heterocycles. The Kier molecular flexibility index (Phi) is 8.70. The predicted molar refractivity (Wildman–Crippen MR) is 126 cm³/mol. The summed E-state index contributed by atoms with van der Waals surface area (Å²) in [6.07, 6.45) is 6.45. The van der Waals surface area contributed by atoms with Gasteiger partial charge in [0.15, 0.2) is 0 Å². The number of esters is 1. The topological polar surface area (TPSA) is 69.6 Å². The number of carbonyl (C=O) groups excluding carboxylic acids is 1. The van der Waals surface area contributed by atoms with E-state index in [0.29, 0.717) is 22.1 Å². The third kappa shape index (κ3) is 6.62. The number of rotatable bonds is 10. The summed E-state index contributed by atoms with van der Waals surface area (Å²) in [6, 6.07) is 6.51. The van der Waals surface area contributed by atoms with Crippen LogP contribution in [0.5, 0.6) is 5.75 Å². The number of hydrogen-bond acceptors (Lipinski definition) is 5. The lowest BCUT2D eigenvalue weighted by atomic mass is 10.2. The third-order valence-electron chi connectivity index (χ3n) is 4.14. The molecule has 1 aromatic carbocycles. The summed E-state index contributed by atoms with van der Waals surface area (Å²) < 4.78 is 12.2. The first-order chi connectivity index (χ1) is 14.8. The maximum absolute atomic E-state index is 12.7. The van der Waals surface area contributed by atoms with Gasteiger partial charge in [0.1, 0.15) is 5.75 Å². The normalized spacial score (nSPS) is 11.2. The van der Waals surface area contributed by atoms with Crippen LogP contribution in [0.15, 0.2) is 72.2 Å². The molecule has 0 fully saturated rings. The second kappa shape index (κ2) is 11.2. The number of carbonyl (C=O) groups is 1. The zero-order chi connectivity index (χ0) is 23.0. The monoisotopic (exact) mass is 442 g/mol. The van der Waals surface area contributed by atoms with Crippen molar-refractivity contribution in [3.63, 3.8) is 0 Å². The molecule has 0 saturated carbocycles.